The summed E-state index contributed by atoms with van der Waals surface area (Å²) in [5, 5.41) is 5.06. The molecule has 0 amide bonds. The van der Waals surface area contributed by atoms with Gasteiger partial charge in [-0.1, -0.05) is 28.4 Å². The zero-order valence-electron chi connectivity index (χ0n) is 13.3. The van der Waals surface area contributed by atoms with Crippen molar-refractivity contribution in [3.63, 3.8) is 0 Å². The second kappa shape index (κ2) is 7.64. The van der Waals surface area contributed by atoms with E-state index in [1.54, 1.807) is 67.7 Å². The average molecular weight is 373 g/mol. The number of hydrogen-bond acceptors (Lipinski definition) is 4. The van der Waals surface area contributed by atoms with Crippen LogP contribution in [-0.4, -0.2) is 17.2 Å². The number of carbonyl (C=O) groups excluding carboxylic acids is 1. The predicted octanol–water partition coefficient (Wildman–Crippen LogP) is 5.66. The summed E-state index contributed by atoms with van der Waals surface area (Å²) in [6, 6.07) is 15.5. The van der Waals surface area contributed by atoms with Gasteiger partial charge in [-0.25, -0.2) is 0 Å². The molecular weight excluding hydrogens is 359 g/mol. The van der Waals surface area contributed by atoms with Gasteiger partial charge in [0.15, 0.2) is 11.5 Å². The Labute approximate surface area is 155 Å². The third-order valence-corrected chi connectivity index (χ3v) is 4.07. The summed E-state index contributed by atoms with van der Waals surface area (Å²) < 4.78 is 5.29. The standard InChI is InChI=1S/C19H14Cl2N2O2/c1-12-10-18(25-23-12)17(11-22-16-8-6-15(21)7-9-16)19(24)13-2-4-14(20)5-3-13/h2-11,17H,1H3. The second-order valence-corrected chi connectivity index (χ2v) is 6.35. The summed E-state index contributed by atoms with van der Waals surface area (Å²) in [6.45, 7) is 1.80. The number of aryl methyl sites for hydroxylation is 1. The molecule has 0 N–H and O–H groups in total. The molecule has 3 aromatic rings. The molecule has 1 aromatic heterocycles. The molecule has 0 spiro atoms. The van der Waals surface area contributed by atoms with Gasteiger partial charge in [-0.2, -0.15) is 0 Å². The molecule has 0 saturated heterocycles. The van der Waals surface area contributed by atoms with E-state index in [4.69, 9.17) is 27.7 Å². The molecule has 2 aromatic carbocycles. The lowest BCUT2D eigenvalue weighted by Crippen LogP contribution is -2.13. The lowest BCUT2D eigenvalue weighted by atomic mass is 9.96. The maximum absolute atomic E-state index is 12.9. The monoisotopic (exact) mass is 372 g/mol. The Morgan fingerprint density at radius 3 is 2.24 bits per heavy atom. The van der Waals surface area contributed by atoms with Crippen molar-refractivity contribution in [2.45, 2.75) is 12.8 Å². The molecule has 1 heterocycles. The lowest BCUT2D eigenvalue weighted by Gasteiger charge is -2.08. The first-order valence-electron chi connectivity index (χ1n) is 7.55. The van der Waals surface area contributed by atoms with Gasteiger partial charge in [0.05, 0.1) is 11.4 Å². The third kappa shape index (κ3) is 4.35. The summed E-state index contributed by atoms with van der Waals surface area (Å²) in [5.41, 5.74) is 1.91. The Morgan fingerprint density at radius 1 is 1.08 bits per heavy atom. The normalized spacial score (nSPS) is 12.4. The molecule has 0 saturated carbocycles. The van der Waals surface area contributed by atoms with E-state index in [9.17, 15) is 4.79 Å². The van der Waals surface area contributed by atoms with Crippen molar-refractivity contribution in [3.8, 4) is 0 Å². The number of rotatable bonds is 5. The van der Waals surface area contributed by atoms with Gasteiger partial charge in [-0.3, -0.25) is 9.79 Å². The zero-order valence-corrected chi connectivity index (χ0v) is 14.8. The van der Waals surface area contributed by atoms with Crippen molar-refractivity contribution >= 4 is 40.9 Å². The molecule has 126 valence electrons. The number of halogens is 2. The first-order chi connectivity index (χ1) is 12.0. The molecule has 25 heavy (non-hydrogen) atoms. The molecular formula is C19H14Cl2N2O2. The molecule has 0 bridgehead atoms. The average Bonchev–Trinajstić information content (AvgIpc) is 3.03. The van der Waals surface area contributed by atoms with Gasteiger partial charge in [0.2, 0.25) is 0 Å². The maximum atomic E-state index is 12.9. The van der Waals surface area contributed by atoms with Gasteiger partial charge in [-0.15, -0.1) is 0 Å². The highest BCUT2D eigenvalue weighted by Gasteiger charge is 2.24. The number of ketones is 1. The molecule has 0 aliphatic rings. The summed E-state index contributed by atoms with van der Waals surface area (Å²) in [5.74, 6) is -0.390. The number of nitrogens with zero attached hydrogens (tertiary/aromatic N) is 2. The molecule has 6 heteroatoms. The van der Waals surface area contributed by atoms with Crippen LogP contribution in [0.3, 0.4) is 0 Å². The Bertz CT molecular complexity index is 900. The van der Waals surface area contributed by atoms with E-state index in [1.807, 2.05) is 0 Å². The minimum Gasteiger partial charge on any atom is -0.360 e. The fourth-order valence-corrected chi connectivity index (χ4v) is 2.53. The van der Waals surface area contributed by atoms with Gasteiger partial charge in [-0.05, 0) is 55.5 Å². The first kappa shape index (κ1) is 17.4. The van der Waals surface area contributed by atoms with Crippen molar-refractivity contribution in [2.75, 3.05) is 0 Å². The van der Waals surface area contributed by atoms with Crippen LogP contribution in [0.25, 0.3) is 0 Å². The fraction of sp³-hybridized carbons (Fsp3) is 0.105. The highest BCUT2D eigenvalue weighted by molar-refractivity contribution is 6.31. The number of aliphatic imine (C=N–C) groups is 1. The van der Waals surface area contributed by atoms with Gasteiger partial charge in [0.25, 0.3) is 0 Å². The molecule has 0 aliphatic carbocycles. The van der Waals surface area contributed by atoms with Crippen molar-refractivity contribution in [1.82, 2.24) is 5.16 Å². The van der Waals surface area contributed by atoms with Crippen LogP contribution in [-0.2, 0) is 0 Å². The van der Waals surface area contributed by atoms with Crippen LogP contribution >= 0.6 is 23.2 Å². The first-order valence-corrected chi connectivity index (χ1v) is 8.31. The van der Waals surface area contributed by atoms with Crippen LogP contribution in [0.1, 0.15) is 27.7 Å². The Kier molecular flexibility index (Phi) is 5.31. The molecule has 1 atom stereocenters. The van der Waals surface area contributed by atoms with Gasteiger partial charge >= 0.3 is 0 Å². The summed E-state index contributed by atoms with van der Waals surface area (Å²) in [7, 11) is 0. The number of aromatic nitrogens is 1. The number of carbonyl (C=O) groups is 1. The molecule has 3 rings (SSSR count). The smallest absolute Gasteiger partial charge is 0.178 e. The number of hydrogen-bond donors (Lipinski definition) is 0. The van der Waals surface area contributed by atoms with Crippen molar-refractivity contribution < 1.29 is 9.32 Å². The van der Waals surface area contributed by atoms with E-state index in [0.717, 1.165) is 0 Å². The van der Waals surface area contributed by atoms with Crippen molar-refractivity contribution in [1.29, 1.82) is 0 Å². The van der Waals surface area contributed by atoms with Crippen LogP contribution in [0.15, 0.2) is 64.1 Å². The van der Waals surface area contributed by atoms with E-state index in [-0.39, 0.29) is 5.78 Å². The van der Waals surface area contributed by atoms with Crippen LogP contribution in [0.4, 0.5) is 5.69 Å². The van der Waals surface area contributed by atoms with Crippen LogP contribution in [0.5, 0.6) is 0 Å². The quantitative estimate of drug-likeness (QED) is 0.428. The third-order valence-electron chi connectivity index (χ3n) is 3.56. The minimum atomic E-state index is -0.682. The highest BCUT2D eigenvalue weighted by Crippen LogP contribution is 2.23. The van der Waals surface area contributed by atoms with Crippen molar-refractivity contribution in [3.05, 3.63) is 81.7 Å². The van der Waals surface area contributed by atoms with Crippen LogP contribution in [0.2, 0.25) is 10.0 Å². The van der Waals surface area contributed by atoms with Gasteiger partial charge in [0, 0.05) is 27.9 Å². The van der Waals surface area contributed by atoms with E-state index in [0.29, 0.717) is 32.8 Å². The van der Waals surface area contributed by atoms with Crippen LogP contribution in [0, 0.1) is 6.92 Å². The van der Waals surface area contributed by atoms with Crippen molar-refractivity contribution in [2.24, 2.45) is 4.99 Å². The fourth-order valence-electron chi connectivity index (χ4n) is 2.28. The Balaban J connectivity index is 1.93. The highest BCUT2D eigenvalue weighted by atomic mass is 35.5. The number of benzene rings is 2. The molecule has 0 radical (unpaired) electrons. The van der Waals surface area contributed by atoms with Gasteiger partial charge < -0.3 is 4.52 Å². The summed E-state index contributed by atoms with van der Waals surface area (Å²) in [6.07, 6.45) is 1.56. The zero-order chi connectivity index (χ0) is 17.8. The Hall–Kier alpha value is -2.43. The maximum Gasteiger partial charge on any atom is 0.178 e. The number of Topliss-reactive ketones (excluding diaryl/α,β-unsaturated/α-hetero) is 1. The van der Waals surface area contributed by atoms with Gasteiger partial charge in [0.1, 0.15) is 5.92 Å². The molecule has 0 aliphatic heterocycles. The lowest BCUT2D eigenvalue weighted by molar-refractivity contribution is 0.0974. The van der Waals surface area contributed by atoms with E-state index < -0.39 is 5.92 Å². The van der Waals surface area contributed by atoms with E-state index >= 15 is 0 Å². The Morgan fingerprint density at radius 2 is 1.68 bits per heavy atom. The van der Waals surface area contributed by atoms with Crippen LogP contribution < -0.4 is 0 Å². The summed E-state index contributed by atoms with van der Waals surface area (Å²) >= 11 is 11.8. The molecule has 1 unspecified atom stereocenters. The van der Waals surface area contributed by atoms with E-state index in [2.05, 4.69) is 10.1 Å². The molecule has 4 nitrogen and oxygen atoms in total. The largest absolute Gasteiger partial charge is 0.360 e. The predicted molar refractivity (Wildman–Crippen MR) is 99.4 cm³/mol. The summed E-state index contributed by atoms with van der Waals surface area (Å²) in [4.78, 5) is 17.3. The topological polar surface area (TPSA) is 55.5 Å². The molecule has 0 fully saturated rings. The SMILES string of the molecule is Cc1cc(C(C=Nc2ccc(Cl)cc2)C(=O)c2ccc(Cl)cc2)on1. The minimum absolute atomic E-state index is 0.148. The second-order valence-electron chi connectivity index (χ2n) is 5.47. The van der Waals surface area contributed by atoms with E-state index in [1.165, 1.54) is 0 Å².